The molecule has 0 aliphatic carbocycles. The maximum absolute atomic E-state index is 9.02. The average molecular weight is 238 g/mol. The molecule has 0 aromatic carbocycles. The smallest absolute Gasteiger partial charge is 0.0936 e. The Morgan fingerprint density at radius 3 is 2.78 bits per heavy atom. The second-order valence-electron chi connectivity index (χ2n) is 1.81. The van der Waals surface area contributed by atoms with Crippen LogP contribution in [-0.4, -0.2) is 15.3 Å². The molecular formula is C5H7IN2O. The number of nitrogens with one attached hydrogen (secondary N) is 1. The molecule has 1 heterocycles. The molecule has 0 spiro atoms. The molecule has 3 nitrogen and oxygen atoms in total. The molecule has 0 amide bonds. The highest BCUT2D eigenvalue weighted by atomic mass is 127. The SMILES string of the molecule is CC(O)c1[nH]ncc1I. The van der Waals surface area contributed by atoms with Crippen LogP contribution in [0.2, 0.25) is 0 Å². The maximum atomic E-state index is 9.02. The highest BCUT2D eigenvalue weighted by Gasteiger charge is 2.05. The summed E-state index contributed by atoms with van der Waals surface area (Å²) in [7, 11) is 0. The van der Waals surface area contributed by atoms with Crippen LogP contribution in [0.4, 0.5) is 0 Å². The zero-order chi connectivity index (χ0) is 6.85. The molecule has 1 unspecified atom stereocenters. The van der Waals surface area contributed by atoms with Crippen LogP contribution in [0.1, 0.15) is 18.7 Å². The summed E-state index contributed by atoms with van der Waals surface area (Å²) in [5.74, 6) is 0. The number of aliphatic hydroxyl groups excluding tert-OH is 1. The second kappa shape index (κ2) is 2.66. The minimum atomic E-state index is -0.445. The lowest BCUT2D eigenvalue weighted by Crippen LogP contribution is -1.92. The zero-order valence-corrected chi connectivity index (χ0v) is 7.08. The van der Waals surface area contributed by atoms with Crippen LogP contribution in [0.5, 0.6) is 0 Å². The van der Waals surface area contributed by atoms with E-state index in [1.807, 2.05) is 0 Å². The van der Waals surface area contributed by atoms with Gasteiger partial charge >= 0.3 is 0 Å². The number of H-pyrrole nitrogens is 1. The third kappa shape index (κ3) is 1.42. The summed E-state index contributed by atoms with van der Waals surface area (Å²) < 4.78 is 0.975. The number of aliphatic hydroxyl groups is 1. The Labute approximate surface area is 66.6 Å². The van der Waals surface area contributed by atoms with Gasteiger partial charge in [-0.25, -0.2) is 0 Å². The van der Waals surface area contributed by atoms with Gasteiger partial charge in [-0.3, -0.25) is 5.10 Å². The Morgan fingerprint density at radius 1 is 1.89 bits per heavy atom. The zero-order valence-electron chi connectivity index (χ0n) is 4.93. The van der Waals surface area contributed by atoms with Gasteiger partial charge in [0.15, 0.2) is 0 Å². The van der Waals surface area contributed by atoms with Crippen LogP contribution in [-0.2, 0) is 0 Å². The number of hydrogen-bond acceptors (Lipinski definition) is 2. The molecule has 0 aliphatic heterocycles. The molecule has 0 bridgehead atoms. The van der Waals surface area contributed by atoms with Crippen molar-refractivity contribution in [3.8, 4) is 0 Å². The third-order valence-electron chi connectivity index (χ3n) is 1.04. The molecular weight excluding hydrogens is 231 g/mol. The lowest BCUT2D eigenvalue weighted by molar-refractivity contribution is 0.193. The van der Waals surface area contributed by atoms with Gasteiger partial charge in [-0.2, -0.15) is 5.10 Å². The summed E-state index contributed by atoms with van der Waals surface area (Å²) in [5.41, 5.74) is 0.788. The predicted octanol–water partition coefficient (Wildman–Crippen LogP) is 1.07. The topological polar surface area (TPSA) is 48.9 Å². The minimum absolute atomic E-state index is 0.445. The van der Waals surface area contributed by atoms with Gasteiger partial charge in [0, 0.05) is 0 Å². The normalized spacial score (nSPS) is 13.7. The van der Waals surface area contributed by atoms with Crippen molar-refractivity contribution in [1.29, 1.82) is 0 Å². The van der Waals surface area contributed by atoms with E-state index in [1.165, 1.54) is 0 Å². The van der Waals surface area contributed by atoms with E-state index in [0.717, 1.165) is 9.26 Å². The number of nitrogens with zero attached hydrogens (tertiary/aromatic N) is 1. The first-order valence-electron chi connectivity index (χ1n) is 2.58. The van der Waals surface area contributed by atoms with Gasteiger partial charge in [0.2, 0.25) is 0 Å². The van der Waals surface area contributed by atoms with Crippen molar-refractivity contribution in [1.82, 2.24) is 10.2 Å². The van der Waals surface area contributed by atoms with Crippen LogP contribution in [0, 0.1) is 3.57 Å². The van der Waals surface area contributed by atoms with Crippen LogP contribution in [0.25, 0.3) is 0 Å². The number of halogens is 1. The van der Waals surface area contributed by atoms with Gasteiger partial charge in [-0.15, -0.1) is 0 Å². The van der Waals surface area contributed by atoms with Crippen LogP contribution >= 0.6 is 22.6 Å². The first kappa shape index (κ1) is 7.01. The molecule has 9 heavy (non-hydrogen) atoms. The fraction of sp³-hybridized carbons (Fsp3) is 0.400. The number of hydrogen-bond donors (Lipinski definition) is 2. The summed E-state index contributed by atoms with van der Waals surface area (Å²) in [6, 6.07) is 0. The standard InChI is InChI=1S/C5H7IN2O/c1-3(9)5-4(6)2-7-8-5/h2-3,9H,1H3,(H,7,8). The largest absolute Gasteiger partial charge is 0.387 e. The molecule has 1 atom stereocenters. The van der Waals surface area contributed by atoms with Crippen molar-refractivity contribution in [2.75, 3.05) is 0 Å². The van der Waals surface area contributed by atoms with E-state index >= 15 is 0 Å². The highest BCUT2D eigenvalue weighted by Crippen LogP contribution is 2.14. The van der Waals surface area contributed by atoms with E-state index in [4.69, 9.17) is 5.11 Å². The molecule has 4 heteroatoms. The first-order chi connectivity index (χ1) is 4.22. The molecule has 0 radical (unpaired) electrons. The second-order valence-corrected chi connectivity index (χ2v) is 2.97. The van der Waals surface area contributed by atoms with Gasteiger partial charge in [-0.1, -0.05) is 0 Å². The fourth-order valence-electron chi connectivity index (χ4n) is 0.574. The van der Waals surface area contributed by atoms with E-state index in [0.29, 0.717) is 0 Å². The van der Waals surface area contributed by atoms with Crippen molar-refractivity contribution in [2.45, 2.75) is 13.0 Å². The summed E-state index contributed by atoms with van der Waals surface area (Å²) >= 11 is 2.12. The van der Waals surface area contributed by atoms with E-state index in [1.54, 1.807) is 13.1 Å². The maximum Gasteiger partial charge on any atom is 0.0936 e. The Morgan fingerprint density at radius 2 is 2.56 bits per heavy atom. The average Bonchev–Trinajstić information content (AvgIpc) is 2.13. The summed E-state index contributed by atoms with van der Waals surface area (Å²) in [6.45, 7) is 1.70. The number of aromatic amines is 1. The van der Waals surface area contributed by atoms with Crippen molar-refractivity contribution in [2.24, 2.45) is 0 Å². The van der Waals surface area contributed by atoms with Gasteiger partial charge in [0.25, 0.3) is 0 Å². The van der Waals surface area contributed by atoms with Crippen molar-refractivity contribution >= 4 is 22.6 Å². The van der Waals surface area contributed by atoms with Crippen LogP contribution in [0.15, 0.2) is 6.20 Å². The molecule has 0 saturated heterocycles. The van der Waals surface area contributed by atoms with Gasteiger partial charge in [0.1, 0.15) is 0 Å². The van der Waals surface area contributed by atoms with E-state index in [2.05, 4.69) is 32.8 Å². The Hall–Kier alpha value is -0.100. The van der Waals surface area contributed by atoms with Gasteiger partial charge < -0.3 is 5.11 Å². The quantitative estimate of drug-likeness (QED) is 0.719. The Kier molecular flexibility index (Phi) is 2.07. The summed E-state index contributed by atoms with van der Waals surface area (Å²) in [4.78, 5) is 0. The van der Waals surface area contributed by atoms with Crippen LogP contribution < -0.4 is 0 Å². The monoisotopic (exact) mass is 238 g/mol. The van der Waals surface area contributed by atoms with Crippen molar-refractivity contribution in [3.05, 3.63) is 15.5 Å². The van der Waals surface area contributed by atoms with Crippen LogP contribution in [0.3, 0.4) is 0 Å². The number of aromatic nitrogens is 2. The molecule has 1 rings (SSSR count). The van der Waals surface area contributed by atoms with E-state index in [9.17, 15) is 0 Å². The molecule has 0 fully saturated rings. The number of rotatable bonds is 1. The predicted molar refractivity (Wildman–Crippen MR) is 41.9 cm³/mol. The van der Waals surface area contributed by atoms with Crippen molar-refractivity contribution in [3.63, 3.8) is 0 Å². The lowest BCUT2D eigenvalue weighted by atomic mass is 10.3. The van der Waals surface area contributed by atoms with Gasteiger partial charge in [0.05, 0.1) is 21.6 Å². The molecule has 1 aromatic heterocycles. The molecule has 1 aromatic rings. The molecule has 0 saturated carbocycles. The first-order valence-corrected chi connectivity index (χ1v) is 3.66. The van der Waals surface area contributed by atoms with Gasteiger partial charge in [-0.05, 0) is 29.5 Å². The fourth-order valence-corrected chi connectivity index (χ4v) is 1.28. The Balaban J connectivity index is 2.94. The minimum Gasteiger partial charge on any atom is -0.387 e. The third-order valence-corrected chi connectivity index (χ3v) is 1.90. The molecule has 2 N–H and O–H groups in total. The van der Waals surface area contributed by atoms with Crippen molar-refractivity contribution < 1.29 is 5.11 Å². The summed E-state index contributed by atoms with van der Waals surface area (Å²) in [5, 5.41) is 15.5. The summed E-state index contributed by atoms with van der Waals surface area (Å²) in [6.07, 6.45) is 1.24. The molecule has 50 valence electrons. The van der Waals surface area contributed by atoms with E-state index < -0.39 is 6.10 Å². The van der Waals surface area contributed by atoms with E-state index in [-0.39, 0.29) is 0 Å². The highest BCUT2D eigenvalue weighted by molar-refractivity contribution is 14.1. The lowest BCUT2D eigenvalue weighted by Gasteiger charge is -1.98. The Bertz CT molecular complexity index is 197. The molecule has 0 aliphatic rings.